The van der Waals surface area contributed by atoms with E-state index in [1.807, 2.05) is 60.7 Å². The summed E-state index contributed by atoms with van der Waals surface area (Å²) in [5.41, 5.74) is 7.95. The van der Waals surface area contributed by atoms with Crippen LogP contribution in [0, 0.1) is 0 Å². The average molecular weight is 483 g/mol. The second-order valence-corrected chi connectivity index (χ2v) is 10.4. The first-order valence-electron chi connectivity index (χ1n) is 9.83. The molecule has 1 fully saturated rings. The fraction of sp³-hybridized carbons (Fsp3) is 0.182. The number of β-lactam (4-membered cyclic amide) rings is 1. The minimum Gasteiger partial charge on any atom is -0.448 e. The van der Waals surface area contributed by atoms with Gasteiger partial charge in [-0.05, 0) is 22.7 Å². The maximum absolute atomic E-state index is 13.6. The zero-order chi connectivity index (χ0) is 22.1. The van der Waals surface area contributed by atoms with E-state index in [2.05, 4.69) is 9.59 Å². The Hall–Kier alpha value is -2.66. The normalized spacial score (nSPS) is 20.2. The summed E-state index contributed by atoms with van der Waals surface area (Å²) in [6.45, 7) is 0. The SMILES string of the molecule is N[C@@H]1C(=O)N2C(C(=O)OC(c3ccccc3)c3ccccc3)=C(Sc3cnns3)CS[C@H]12. The lowest BCUT2D eigenvalue weighted by Gasteiger charge is -2.48. The molecule has 162 valence electrons. The Morgan fingerprint density at radius 3 is 2.38 bits per heavy atom. The van der Waals surface area contributed by atoms with Crippen molar-refractivity contribution in [2.24, 2.45) is 5.73 Å². The molecule has 2 aromatic carbocycles. The molecule has 1 aromatic heterocycles. The van der Waals surface area contributed by atoms with E-state index in [1.165, 1.54) is 28.2 Å². The van der Waals surface area contributed by atoms with E-state index >= 15 is 0 Å². The highest BCUT2D eigenvalue weighted by molar-refractivity contribution is 8.07. The van der Waals surface area contributed by atoms with E-state index in [-0.39, 0.29) is 17.0 Å². The topological polar surface area (TPSA) is 98.4 Å². The number of nitrogens with zero attached hydrogens (tertiary/aromatic N) is 3. The molecule has 0 saturated carbocycles. The van der Waals surface area contributed by atoms with Crippen LogP contribution >= 0.6 is 35.1 Å². The predicted octanol–water partition coefficient (Wildman–Crippen LogP) is 3.42. The Balaban J connectivity index is 1.51. The lowest BCUT2D eigenvalue weighted by Crippen LogP contribution is -2.68. The van der Waals surface area contributed by atoms with Crippen LogP contribution in [0.15, 0.2) is 81.7 Å². The van der Waals surface area contributed by atoms with Crippen LogP contribution in [0.2, 0.25) is 0 Å². The highest BCUT2D eigenvalue weighted by atomic mass is 32.2. The molecule has 1 amide bonds. The fourth-order valence-corrected chi connectivity index (χ4v) is 6.65. The molecular weight excluding hydrogens is 464 g/mol. The van der Waals surface area contributed by atoms with Gasteiger partial charge in [-0.1, -0.05) is 76.9 Å². The summed E-state index contributed by atoms with van der Waals surface area (Å²) in [6, 6.07) is 18.5. The average Bonchev–Trinajstić information content (AvgIpc) is 3.36. The minimum atomic E-state index is -0.613. The molecule has 2 N–H and O–H groups in total. The summed E-state index contributed by atoms with van der Waals surface area (Å²) >= 11 is 4.17. The van der Waals surface area contributed by atoms with E-state index in [0.717, 1.165) is 20.2 Å². The summed E-state index contributed by atoms with van der Waals surface area (Å²) in [5.74, 6) is -0.268. The standard InChI is InChI=1S/C22H18N4O3S3/c23-17-20(27)26-18(15(12-30-21(17)26)31-16-11-24-25-32-16)22(28)29-19(13-7-3-1-4-8-13)14-9-5-2-6-10-14/h1-11,17,19,21H,12,23H2/t17-,21-/m1/s1. The number of benzene rings is 2. The minimum absolute atomic E-state index is 0.260. The van der Waals surface area contributed by atoms with Crippen molar-refractivity contribution in [1.29, 1.82) is 0 Å². The van der Waals surface area contributed by atoms with Crippen molar-refractivity contribution in [3.05, 3.63) is 88.6 Å². The van der Waals surface area contributed by atoms with Crippen LogP contribution in [0.4, 0.5) is 0 Å². The first-order valence-corrected chi connectivity index (χ1v) is 12.5. The van der Waals surface area contributed by atoms with Crippen LogP contribution in [0.1, 0.15) is 17.2 Å². The first kappa shape index (κ1) is 21.2. The number of hydrogen-bond acceptors (Lipinski definition) is 9. The van der Waals surface area contributed by atoms with Crippen LogP contribution in [0.5, 0.6) is 0 Å². The Kier molecular flexibility index (Phi) is 6.01. The van der Waals surface area contributed by atoms with Crippen molar-refractivity contribution >= 4 is 46.9 Å². The van der Waals surface area contributed by atoms with Crippen LogP contribution < -0.4 is 5.73 Å². The molecule has 7 nitrogen and oxygen atoms in total. The monoisotopic (exact) mass is 482 g/mol. The summed E-state index contributed by atoms with van der Waals surface area (Å²) in [5, 5.41) is 3.60. The number of fused-ring (bicyclic) bond motifs is 1. The Morgan fingerprint density at radius 2 is 1.78 bits per heavy atom. The van der Waals surface area contributed by atoms with Crippen molar-refractivity contribution in [3.8, 4) is 0 Å². The van der Waals surface area contributed by atoms with Gasteiger partial charge in [-0.15, -0.1) is 16.9 Å². The molecule has 2 atom stereocenters. The molecule has 0 unspecified atom stereocenters. The number of nitrogens with two attached hydrogens (primary N) is 1. The largest absolute Gasteiger partial charge is 0.448 e. The number of carbonyl (C=O) groups excluding carboxylic acids is 2. The van der Waals surface area contributed by atoms with Gasteiger partial charge in [-0.3, -0.25) is 9.69 Å². The van der Waals surface area contributed by atoms with Crippen LogP contribution in [0.3, 0.4) is 0 Å². The Morgan fingerprint density at radius 1 is 1.12 bits per heavy atom. The number of thioether (sulfide) groups is 2. The summed E-state index contributed by atoms with van der Waals surface area (Å²) in [7, 11) is 0. The third-order valence-corrected chi connectivity index (χ3v) is 8.47. The summed E-state index contributed by atoms with van der Waals surface area (Å²) in [6.07, 6.45) is 1.04. The highest BCUT2D eigenvalue weighted by Gasteiger charge is 2.52. The van der Waals surface area contributed by atoms with Gasteiger partial charge in [0.15, 0.2) is 6.10 Å². The lowest BCUT2D eigenvalue weighted by atomic mass is 10.0. The third kappa shape index (κ3) is 3.95. The molecule has 0 bridgehead atoms. The molecule has 0 spiro atoms. The molecule has 3 heterocycles. The number of hydrogen-bond donors (Lipinski definition) is 1. The molecule has 0 aliphatic carbocycles. The Bertz CT molecular complexity index is 1120. The first-order chi connectivity index (χ1) is 15.6. The van der Waals surface area contributed by atoms with E-state index < -0.39 is 18.1 Å². The smallest absolute Gasteiger partial charge is 0.356 e. The van der Waals surface area contributed by atoms with Crippen molar-refractivity contribution in [3.63, 3.8) is 0 Å². The second-order valence-electron chi connectivity index (χ2n) is 7.15. The van der Waals surface area contributed by atoms with Gasteiger partial charge in [-0.25, -0.2) is 4.79 Å². The molecule has 1 saturated heterocycles. The van der Waals surface area contributed by atoms with Crippen molar-refractivity contribution in [2.75, 3.05) is 5.75 Å². The summed E-state index contributed by atoms with van der Waals surface area (Å²) in [4.78, 5) is 28.4. The zero-order valence-corrected chi connectivity index (χ0v) is 19.1. The fourth-order valence-electron chi connectivity index (χ4n) is 3.63. The zero-order valence-electron chi connectivity index (χ0n) is 16.7. The van der Waals surface area contributed by atoms with Gasteiger partial charge >= 0.3 is 5.97 Å². The number of esters is 1. The molecule has 3 aromatic rings. The van der Waals surface area contributed by atoms with Gasteiger partial charge < -0.3 is 10.5 Å². The van der Waals surface area contributed by atoms with Crippen molar-refractivity contribution < 1.29 is 14.3 Å². The van der Waals surface area contributed by atoms with E-state index in [9.17, 15) is 9.59 Å². The van der Waals surface area contributed by atoms with Gasteiger partial charge in [0.2, 0.25) is 5.91 Å². The quantitative estimate of drug-likeness (QED) is 0.422. The summed E-state index contributed by atoms with van der Waals surface area (Å²) < 4.78 is 10.8. The van der Waals surface area contributed by atoms with Gasteiger partial charge in [0.05, 0.1) is 6.20 Å². The number of carbonyl (C=O) groups is 2. The number of ether oxygens (including phenoxy) is 1. The molecular formula is C22H18N4O3S3. The van der Waals surface area contributed by atoms with Gasteiger partial charge in [0, 0.05) is 10.7 Å². The van der Waals surface area contributed by atoms with Crippen LogP contribution in [-0.4, -0.2) is 43.5 Å². The molecule has 2 aliphatic rings. The van der Waals surface area contributed by atoms with E-state index in [0.29, 0.717) is 5.75 Å². The molecule has 10 heteroatoms. The van der Waals surface area contributed by atoms with Crippen molar-refractivity contribution in [1.82, 2.24) is 14.5 Å². The van der Waals surface area contributed by atoms with Gasteiger partial charge in [0.25, 0.3) is 0 Å². The highest BCUT2D eigenvalue weighted by Crippen LogP contribution is 2.45. The van der Waals surface area contributed by atoms with Crippen LogP contribution in [-0.2, 0) is 14.3 Å². The molecule has 0 radical (unpaired) electrons. The lowest BCUT2D eigenvalue weighted by molar-refractivity contribution is -0.152. The van der Waals surface area contributed by atoms with Crippen molar-refractivity contribution in [2.45, 2.75) is 21.7 Å². The van der Waals surface area contributed by atoms with Gasteiger partial charge in [0.1, 0.15) is 21.3 Å². The predicted molar refractivity (Wildman–Crippen MR) is 125 cm³/mol. The van der Waals surface area contributed by atoms with E-state index in [1.54, 1.807) is 18.0 Å². The number of rotatable bonds is 6. The maximum atomic E-state index is 13.6. The van der Waals surface area contributed by atoms with E-state index in [4.69, 9.17) is 10.5 Å². The molecule has 2 aliphatic heterocycles. The maximum Gasteiger partial charge on any atom is 0.356 e. The van der Waals surface area contributed by atoms with Gasteiger partial charge in [-0.2, -0.15) is 0 Å². The Labute approximate surface area is 197 Å². The molecule has 32 heavy (non-hydrogen) atoms. The third-order valence-electron chi connectivity index (χ3n) is 5.16. The van der Waals surface area contributed by atoms with Crippen LogP contribution in [0.25, 0.3) is 0 Å². The second kappa shape index (κ2) is 9.07. The number of amides is 1. The molecule has 5 rings (SSSR count). The number of aromatic nitrogens is 2.